The lowest BCUT2D eigenvalue weighted by Crippen LogP contribution is -2.39. The Hall–Kier alpha value is -1.79. The van der Waals surface area contributed by atoms with Crippen molar-refractivity contribution >= 4 is 0 Å². The fourth-order valence-electron chi connectivity index (χ4n) is 2.22. The molecule has 1 aliphatic rings. The number of nitrogens with zero attached hydrogens (tertiary/aromatic N) is 2. The smallest absolute Gasteiger partial charge is 0.229 e. The van der Waals surface area contributed by atoms with Crippen molar-refractivity contribution in [1.82, 2.24) is 15.5 Å². The summed E-state index contributed by atoms with van der Waals surface area (Å²) >= 11 is 0. The van der Waals surface area contributed by atoms with E-state index in [1.54, 1.807) is 6.07 Å². The van der Waals surface area contributed by atoms with Gasteiger partial charge in [-0.15, -0.1) is 0 Å². The van der Waals surface area contributed by atoms with Gasteiger partial charge >= 0.3 is 0 Å². The zero-order chi connectivity index (χ0) is 13.8. The number of hydrogen-bond donors (Lipinski definition) is 1. The quantitative estimate of drug-likeness (QED) is 0.913. The van der Waals surface area contributed by atoms with Crippen LogP contribution in [0, 0.1) is 5.82 Å². The van der Waals surface area contributed by atoms with E-state index in [2.05, 4.69) is 15.5 Å². The molecule has 1 unspecified atom stereocenters. The third-order valence-electron chi connectivity index (χ3n) is 3.17. The van der Waals surface area contributed by atoms with Crippen LogP contribution < -0.4 is 5.32 Å². The first-order valence-electron chi connectivity index (χ1n) is 6.68. The predicted molar refractivity (Wildman–Crippen MR) is 69.8 cm³/mol. The van der Waals surface area contributed by atoms with Crippen LogP contribution in [-0.4, -0.2) is 35.9 Å². The summed E-state index contributed by atoms with van der Waals surface area (Å²) in [6.45, 7) is 2.38. The van der Waals surface area contributed by atoms with E-state index in [1.165, 1.54) is 12.1 Å². The van der Waals surface area contributed by atoms with Crippen LogP contribution in [0.5, 0.6) is 0 Å². The van der Waals surface area contributed by atoms with Gasteiger partial charge in [-0.2, -0.15) is 4.98 Å². The molecule has 0 saturated carbocycles. The average molecular weight is 277 g/mol. The molecule has 1 fully saturated rings. The van der Waals surface area contributed by atoms with Crippen molar-refractivity contribution in [2.75, 3.05) is 19.7 Å². The normalized spacial score (nSPS) is 19.1. The van der Waals surface area contributed by atoms with E-state index in [9.17, 15) is 4.39 Å². The van der Waals surface area contributed by atoms with Gasteiger partial charge < -0.3 is 14.6 Å². The summed E-state index contributed by atoms with van der Waals surface area (Å²) in [5, 5.41) is 7.17. The SMILES string of the molecule is Fc1cccc(Cc2noc(CC3CNCCO3)n2)c1. The maximum atomic E-state index is 13.1. The summed E-state index contributed by atoms with van der Waals surface area (Å²) in [6, 6.07) is 6.41. The molecule has 3 rings (SSSR count). The van der Waals surface area contributed by atoms with E-state index in [4.69, 9.17) is 9.26 Å². The maximum Gasteiger partial charge on any atom is 0.229 e. The first-order valence-corrected chi connectivity index (χ1v) is 6.68. The summed E-state index contributed by atoms with van der Waals surface area (Å²) in [6.07, 6.45) is 1.14. The highest BCUT2D eigenvalue weighted by Gasteiger charge is 2.17. The van der Waals surface area contributed by atoms with Crippen LogP contribution in [0.1, 0.15) is 17.3 Å². The Balaban J connectivity index is 1.61. The molecule has 106 valence electrons. The number of nitrogens with one attached hydrogen (secondary N) is 1. The van der Waals surface area contributed by atoms with Gasteiger partial charge in [0.1, 0.15) is 5.82 Å². The first-order chi connectivity index (χ1) is 9.79. The van der Waals surface area contributed by atoms with Gasteiger partial charge in [0.05, 0.1) is 19.1 Å². The van der Waals surface area contributed by atoms with Crippen molar-refractivity contribution in [2.45, 2.75) is 18.9 Å². The molecule has 1 aliphatic heterocycles. The van der Waals surface area contributed by atoms with Gasteiger partial charge in [-0.1, -0.05) is 17.3 Å². The molecule has 20 heavy (non-hydrogen) atoms. The molecule has 2 aromatic rings. The van der Waals surface area contributed by atoms with Crippen molar-refractivity contribution in [2.24, 2.45) is 0 Å². The van der Waals surface area contributed by atoms with Gasteiger partial charge in [0, 0.05) is 19.5 Å². The molecule has 2 heterocycles. The van der Waals surface area contributed by atoms with Gasteiger partial charge in [0.15, 0.2) is 5.82 Å². The van der Waals surface area contributed by atoms with Gasteiger partial charge in [-0.3, -0.25) is 0 Å². The van der Waals surface area contributed by atoms with E-state index < -0.39 is 0 Å². The molecule has 1 aromatic heterocycles. The van der Waals surface area contributed by atoms with Gasteiger partial charge in [0.2, 0.25) is 5.89 Å². The van der Waals surface area contributed by atoms with Crippen LogP contribution in [0.25, 0.3) is 0 Å². The molecule has 0 radical (unpaired) electrons. The van der Waals surface area contributed by atoms with Crippen molar-refractivity contribution in [3.63, 3.8) is 0 Å². The van der Waals surface area contributed by atoms with Gasteiger partial charge in [-0.05, 0) is 17.7 Å². The van der Waals surface area contributed by atoms with E-state index in [-0.39, 0.29) is 11.9 Å². The Morgan fingerprint density at radius 1 is 1.40 bits per heavy atom. The second-order valence-electron chi connectivity index (χ2n) is 4.81. The first kappa shape index (κ1) is 13.2. The predicted octanol–water partition coefficient (Wildman–Crippen LogP) is 1.33. The lowest BCUT2D eigenvalue weighted by molar-refractivity contribution is 0.0246. The molecule has 1 aromatic carbocycles. The summed E-state index contributed by atoms with van der Waals surface area (Å²) in [7, 11) is 0. The highest BCUT2D eigenvalue weighted by molar-refractivity contribution is 5.19. The highest BCUT2D eigenvalue weighted by atomic mass is 19.1. The summed E-state index contributed by atoms with van der Waals surface area (Å²) in [4.78, 5) is 4.32. The molecular formula is C14H16FN3O2. The maximum absolute atomic E-state index is 13.1. The number of ether oxygens (including phenoxy) is 1. The summed E-state index contributed by atoms with van der Waals surface area (Å²) in [5.41, 5.74) is 0.827. The van der Waals surface area contributed by atoms with Crippen LogP contribution in [0.2, 0.25) is 0 Å². The molecule has 0 aliphatic carbocycles. The minimum atomic E-state index is -0.257. The lowest BCUT2D eigenvalue weighted by atomic mass is 10.1. The van der Waals surface area contributed by atoms with E-state index in [1.807, 2.05) is 6.07 Å². The minimum Gasteiger partial charge on any atom is -0.375 e. The molecule has 1 N–H and O–H groups in total. The van der Waals surface area contributed by atoms with Gasteiger partial charge in [0.25, 0.3) is 0 Å². The molecule has 5 nitrogen and oxygen atoms in total. The fraction of sp³-hybridized carbons (Fsp3) is 0.429. The third kappa shape index (κ3) is 3.40. The standard InChI is InChI=1S/C14H16FN3O2/c15-11-3-1-2-10(6-11)7-13-17-14(20-18-13)8-12-9-16-4-5-19-12/h1-3,6,12,16H,4-5,7-9H2. The molecule has 6 heteroatoms. The number of halogens is 1. The van der Waals surface area contributed by atoms with E-state index >= 15 is 0 Å². The van der Waals surface area contributed by atoms with Crippen LogP contribution >= 0.6 is 0 Å². The number of aromatic nitrogens is 2. The summed E-state index contributed by atoms with van der Waals surface area (Å²) in [5.74, 6) is 0.868. The number of rotatable bonds is 4. The molecule has 0 bridgehead atoms. The minimum absolute atomic E-state index is 0.0752. The molecular weight excluding hydrogens is 261 g/mol. The van der Waals surface area contributed by atoms with Crippen LogP contribution in [0.4, 0.5) is 4.39 Å². The Morgan fingerprint density at radius 2 is 2.35 bits per heavy atom. The Bertz CT molecular complexity index is 567. The zero-order valence-electron chi connectivity index (χ0n) is 11.0. The largest absolute Gasteiger partial charge is 0.375 e. The van der Waals surface area contributed by atoms with Gasteiger partial charge in [-0.25, -0.2) is 4.39 Å². The second-order valence-corrected chi connectivity index (χ2v) is 4.81. The monoisotopic (exact) mass is 277 g/mol. The van der Waals surface area contributed by atoms with Crippen molar-refractivity contribution in [3.05, 3.63) is 47.4 Å². The fourth-order valence-corrected chi connectivity index (χ4v) is 2.22. The van der Waals surface area contributed by atoms with Crippen LogP contribution in [0.15, 0.2) is 28.8 Å². The van der Waals surface area contributed by atoms with Crippen LogP contribution in [-0.2, 0) is 17.6 Å². The Labute approximate surface area is 116 Å². The lowest BCUT2D eigenvalue weighted by Gasteiger charge is -2.21. The van der Waals surface area contributed by atoms with E-state index in [0.717, 1.165) is 18.7 Å². The second kappa shape index (κ2) is 6.11. The average Bonchev–Trinajstić information content (AvgIpc) is 2.87. The van der Waals surface area contributed by atoms with Crippen molar-refractivity contribution in [1.29, 1.82) is 0 Å². The van der Waals surface area contributed by atoms with Crippen LogP contribution in [0.3, 0.4) is 0 Å². The molecule has 1 saturated heterocycles. The Kier molecular flexibility index (Phi) is 4.03. The van der Waals surface area contributed by atoms with Crippen molar-refractivity contribution < 1.29 is 13.7 Å². The van der Waals surface area contributed by atoms with E-state index in [0.29, 0.717) is 31.2 Å². The topological polar surface area (TPSA) is 60.2 Å². The third-order valence-corrected chi connectivity index (χ3v) is 3.17. The Morgan fingerprint density at radius 3 is 3.15 bits per heavy atom. The number of benzene rings is 1. The zero-order valence-corrected chi connectivity index (χ0v) is 11.0. The van der Waals surface area contributed by atoms with Crippen molar-refractivity contribution in [3.8, 4) is 0 Å². The number of morpholine rings is 1. The molecule has 0 spiro atoms. The molecule has 0 amide bonds. The number of hydrogen-bond acceptors (Lipinski definition) is 5. The summed E-state index contributed by atoms with van der Waals surface area (Å²) < 4.78 is 23.9. The molecule has 1 atom stereocenters. The highest BCUT2D eigenvalue weighted by Crippen LogP contribution is 2.11.